The predicted molar refractivity (Wildman–Crippen MR) is 66.9 cm³/mol. The summed E-state index contributed by atoms with van der Waals surface area (Å²) in [6.07, 6.45) is 0.689. The second-order valence-corrected chi connectivity index (χ2v) is 4.78. The molecule has 1 aromatic carbocycles. The van der Waals surface area contributed by atoms with Gasteiger partial charge in [0.25, 0.3) is 0 Å². The highest BCUT2D eigenvalue weighted by molar-refractivity contribution is 5.83. The van der Waals surface area contributed by atoms with Crippen LogP contribution in [0.2, 0.25) is 0 Å². The van der Waals surface area contributed by atoms with E-state index < -0.39 is 0 Å². The van der Waals surface area contributed by atoms with Crippen molar-refractivity contribution in [1.29, 1.82) is 0 Å². The Hall–Kier alpha value is -1.31. The largest absolute Gasteiger partial charge is 0.370 e. The van der Waals surface area contributed by atoms with Crippen LogP contribution in [0.1, 0.15) is 24.5 Å². The van der Waals surface area contributed by atoms with Crippen molar-refractivity contribution in [2.45, 2.75) is 27.2 Å². The lowest BCUT2D eigenvalue weighted by Crippen LogP contribution is -2.39. The van der Waals surface area contributed by atoms with E-state index in [1.807, 2.05) is 6.92 Å². The molecule has 1 atom stereocenters. The first kappa shape index (κ1) is 11.2. The first-order valence-electron chi connectivity index (χ1n) is 5.93. The van der Waals surface area contributed by atoms with Gasteiger partial charge in [0.1, 0.15) is 5.78 Å². The summed E-state index contributed by atoms with van der Waals surface area (Å²) in [4.78, 5) is 13.8. The van der Waals surface area contributed by atoms with Crippen molar-refractivity contribution < 1.29 is 4.79 Å². The zero-order valence-electron chi connectivity index (χ0n) is 10.3. The van der Waals surface area contributed by atoms with E-state index in [0.29, 0.717) is 12.2 Å². The van der Waals surface area contributed by atoms with E-state index in [1.54, 1.807) is 0 Å². The topological polar surface area (TPSA) is 20.3 Å². The van der Waals surface area contributed by atoms with E-state index in [9.17, 15) is 4.79 Å². The molecule has 1 unspecified atom stereocenters. The Kier molecular flexibility index (Phi) is 2.99. The second-order valence-electron chi connectivity index (χ2n) is 4.78. The Morgan fingerprint density at radius 2 is 2.06 bits per heavy atom. The minimum Gasteiger partial charge on any atom is -0.370 e. The number of ketones is 1. The fraction of sp³-hybridized carbons (Fsp3) is 0.500. The average molecular weight is 217 g/mol. The van der Waals surface area contributed by atoms with Gasteiger partial charge < -0.3 is 4.90 Å². The molecule has 0 saturated carbocycles. The van der Waals surface area contributed by atoms with Crippen molar-refractivity contribution in [2.24, 2.45) is 5.92 Å². The van der Waals surface area contributed by atoms with Crippen LogP contribution in [0.4, 0.5) is 5.69 Å². The van der Waals surface area contributed by atoms with Gasteiger partial charge >= 0.3 is 0 Å². The number of benzene rings is 1. The molecule has 0 aromatic heterocycles. The van der Waals surface area contributed by atoms with Crippen LogP contribution in [0.3, 0.4) is 0 Å². The summed E-state index contributed by atoms with van der Waals surface area (Å²) in [5, 5.41) is 0. The Bertz CT molecular complexity index is 411. The van der Waals surface area contributed by atoms with Crippen LogP contribution in [0.15, 0.2) is 18.2 Å². The molecule has 1 aliphatic rings. The maximum Gasteiger partial charge on any atom is 0.139 e. The normalized spacial score (nSPS) is 21.3. The van der Waals surface area contributed by atoms with Crippen molar-refractivity contribution in [2.75, 3.05) is 18.0 Å². The molecule has 0 radical (unpaired) electrons. The summed E-state index contributed by atoms with van der Waals surface area (Å²) in [5.74, 6) is 0.579. The smallest absolute Gasteiger partial charge is 0.139 e. The number of hydrogen-bond acceptors (Lipinski definition) is 2. The summed E-state index contributed by atoms with van der Waals surface area (Å²) in [6, 6.07) is 6.39. The third-order valence-corrected chi connectivity index (χ3v) is 3.59. The number of nitrogens with zero attached hydrogens (tertiary/aromatic N) is 1. The van der Waals surface area contributed by atoms with Crippen LogP contribution in [0, 0.1) is 19.8 Å². The zero-order valence-corrected chi connectivity index (χ0v) is 10.3. The van der Waals surface area contributed by atoms with Crippen molar-refractivity contribution in [3.8, 4) is 0 Å². The summed E-state index contributed by atoms with van der Waals surface area (Å²) in [7, 11) is 0. The molecule has 1 aromatic rings. The Labute approximate surface area is 97.3 Å². The van der Waals surface area contributed by atoms with Gasteiger partial charge in [0.15, 0.2) is 0 Å². The van der Waals surface area contributed by atoms with Crippen LogP contribution in [0.25, 0.3) is 0 Å². The van der Waals surface area contributed by atoms with E-state index >= 15 is 0 Å². The van der Waals surface area contributed by atoms with Crippen molar-refractivity contribution in [3.05, 3.63) is 29.3 Å². The molecule has 16 heavy (non-hydrogen) atoms. The molecule has 2 rings (SSSR count). The first-order chi connectivity index (χ1) is 7.59. The van der Waals surface area contributed by atoms with Crippen molar-refractivity contribution in [1.82, 2.24) is 0 Å². The first-order valence-corrected chi connectivity index (χ1v) is 5.93. The lowest BCUT2D eigenvalue weighted by Gasteiger charge is -2.33. The highest BCUT2D eigenvalue weighted by Crippen LogP contribution is 2.26. The number of Topliss-reactive ketones (excluding diaryl/α,β-unsaturated/α-hetero) is 1. The number of hydrogen-bond donors (Lipinski definition) is 0. The van der Waals surface area contributed by atoms with Gasteiger partial charge in [-0.2, -0.15) is 0 Å². The van der Waals surface area contributed by atoms with Gasteiger partial charge in [-0.25, -0.2) is 0 Å². The van der Waals surface area contributed by atoms with Crippen LogP contribution < -0.4 is 4.90 Å². The van der Waals surface area contributed by atoms with Gasteiger partial charge in [-0.1, -0.05) is 19.1 Å². The summed E-state index contributed by atoms with van der Waals surface area (Å²) >= 11 is 0. The zero-order chi connectivity index (χ0) is 11.7. The number of anilines is 1. The molecule has 0 amide bonds. The molecular weight excluding hydrogens is 198 g/mol. The van der Waals surface area contributed by atoms with Gasteiger partial charge in [0, 0.05) is 31.1 Å². The maximum atomic E-state index is 11.5. The van der Waals surface area contributed by atoms with Crippen LogP contribution in [0.5, 0.6) is 0 Å². The molecular formula is C14H19NO. The molecule has 1 saturated heterocycles. The van der Waals surface area contributed by atoms with E-state index in [2.05, 4.69) is 36.9 Å². The standard InChI is InChI=1S/C14H19NO/c1-10-5-4-6-13(12(10)3)15-8-7-14(16)11(2)9-15/h4-6,11H,7-9H2,1-3H3. The van der Waals surface area contributed by atoms with Crippen molar-refractivity contribution in [3.63, 3.8) is 0 Å². The number of carbonyl (C=O) groups is 1. The monoisotopic (exact) mass is 217 g/mol. The van der Waals surface area contributed by atoms with Crippen LogP contribution in [-0.4, -0.2) is 18.9 Å². The molecule has 0 spiro atoms. The van der Waals surface area contributed by atoms with Gasteiger partial charge in [-0.3, -0.25) is 4.79 Å². The third kappa shape index (κ3) is 1.97. The van der Waals surface area contributed by atoms with Gasteiger partial charge in [0.2, 0.25) is 0 Å². The lowest BCUT2D eigenvalue weighted by molar-refractivity contribution is -0.122. The fourth-order valence-electron chi connectivity index (χ4n) is 2.31. The predicted octanol–water partition coefficient (Wildman–Crippen LogP) is 2.72. The van der Waals surface area contributed by atoms with Gasteiger partial charge in [0.05, 0.1) is 0 Å². The minimum absolute atomic E-state index is 0.175. The van der Waals surface area contributed by atoms with E-state index in [0.717, 1.165) is 13.1 Å². The van der Waals surface area contributed by atoms with E-state index in [4.69, 9.17) is 0 Å². The van der Waals surface area contributed by atoms with Crippen LogP contribution in [-0.2, 0) is 4.79 Å². The molecule has 0 N–H and O–H groups in total. The Morgan fingerprint density at radius 3 is 2.75 bits per heavy atom. The summed E-state index contributed by atoms with van der Waals surface area (Å²) in [6.45, 7) is 8.05. The minimum atomic E-state index is 0.175. The Morgan fingerprint density at radius 1 is 1.31 bits per heavy atom. The van der Waals surface area contributed by atoms with E-state index in [-0.39, 0.29) is 5.92 Å². The summed E-state index contributed by atoms with van der Waals surface area (Å²) < 4.78 is 0. The number of rotatable bonds is 1. The highest BCUT2D eigenvalue weighted by atomic mass is 16.1. The summed E-state index contributed by atoms with van der Waals surface area (Å²) in [5.41, 5.74) is 3.95. The molecule has 1 fully saturated rings. The molecule has 86 valence electrons. The fourth-order valence-corrected chi connectivity index (χ4v) is 2.31. The van der Waals surface area contributed by atoms with E-state index in [1.165, 1.54) is 16.8 Å². The SMILES string of the molecule is Cc1cccc(N2CCC(=O)C(C)C2)c1C. The molecule has 1 heterocycles. The molecule has 0 bridgehead atoms. The second kappa shape index (κ2) is 4.28. The number of aryl methyl sites for hydroxylation is 1. The average Bonchev–Trinajstić information content (AvgIpc) is 2.26. The lowest BCUT2D eigenvalue weighted by atomic mass is 9.97. The molecule has 2 heteroatoms. The maximum absolute atomic E-state index is 11.5. The van der Waals surface area contributed by atoms with Gasteiger partial charge in [-0.05, 0) is 31.0 Å². The quantitative estimate of drug-likeness (QED) is 0.721. The molecule has 1 aliphatic heterocycles. The molecule has 2 nitrogen and oxygen atoms in total. The highest BCUT2D eigenvalue weighted by Gasteiger charge is 2.24. The van der Waals surface area contributed by atoms with Gasteiger partial charge in [-0.15, -0.1) is 0 Å². The number of piperidine rings is 1. The third-order valence-electron chi connectivity index (χ3n) is 3.59. The Balaban J connectivity index is 2.25. The van der Waals surface area contributed by atoms with Crippen molar-refractivity contribution >= 4 is 11.5 Å². The molecule has 0 aliphatic carbocycles. The van der Waals surface area contributed by atoms with Crippen LogP contribution >= 0.6 is 0 Å². The number of carbonyl (C=O) groups excluding carboxylic acids is 1.